The van der Waals surface area contributed by atoms with Gasteiger partial charge in [0.15, 0.2) is 5.78 Å². The lowest BCUT2D eigenvalue weighted by molar-refractivity contribution is 0.0592. The van der Waals surface area contributed by atoms with Crippen molar-refractivity contribution in [3.63, 3.8) is 0 Å². The maximum Gasteiger partial charge on any atom is 0.354 e. The molecule has 0 spiro atoms. The second kappa shape index (κ2) is 9.26. The molecular formula is C23H23FN2O4S. The van der Waals surface area contributed by atoms with Crippen molar-refractivity contribution in [2.45, 2.75) is 33.4 Å². The Morgan fingerprint density at radius 3 is 2.42 bits per heavy atom. The van der Waals surface area contributed by atoms with Gasteiger partial charge in [-0.2, -0.15) is 0 Å². The maximum atomic E-state index is 13.4. The van der Waals surface area contributed by atoms with Gasteiger partial charge < -0.3 is 14.6 Å². The standard InChI is InChI=1S/C23H23FN2O4S/c1-13-19(14(2)25-20(13)23(29)30-4)21(27)15(3)26(22(28)18-6-5-11-31-18)12-16-7-9-17(24)10-8-16/h5-11,15,25H,12H2,1-4H3/t15-/m1/s1. The summed E-state index contributed by atoms with van der Waals surface area (Å²) in [6, 6.07) is 8.45. The van der Waals surface area contributed by atoms with E-state index in [1.165, 1.54) is 35.5 Å². The van der Waals surface area contributed by atoms with Gasteiger partial charge in [-0.15, -0.1) is 11.3 Å². The Kier molecular flexibility index (Phi) is 6.70. The van der Waals surface area contributed by atoms with Crippen molar-refractivity contribution in [1.82, 2.24) is 9.88 Å². The number of hydrogen-bond acceptors (Lipinski definition) is 5. The quantitative estimate of drug-likeness (QED) is 0.431. The molecule has 0 unspecified atom stereocenters. The second-order valence-corrected chi connectivity index (χ2v) is 8.14. The number of ketones is 1. The fraction of sp³-hybridized carbons (Fsp3) is 0.261. The average molecular weight is 443 g/mol. The van der Waals surface area contributed by atoms with Crippen LogP contribution in [0.2, 0.25) is 0 Å². The number of aromatic nitrogens is 1. The van der Waals surface area contributed by atoms with Crippen molar-refractivity contribution in [3.05, 3.63) is 80.6 Å². The largest absolute Gasteiger partial charge is 0.464 e. The third-order valence-electron chi connectivity index (χ3n) is 5.18. The summed E-state index contributed by atoms with van der Waals surface area (Å²) in [5.41, 5.74) is 2.27. The molecule has 0 fully saturated rings. The summed E-state index contributed by atoms with van der Waals surface area (Å²) in [5, 5.41) is 1.79. The highest BCUT2D eigenvalue weighted by molar-refractivity contribution is 7.12. The van der Waals surface area contributed by atoms with Crippen LogP contribution in [-0.2, 0) is 11.3 Å². The number of methoxy groups -OCH3 is 1. The molecule has 0 aliphatic carbocycles. The van der Waals surface area contributed by atoms with E-state index in [0.29, 0.717) is 27.3 Å². The normalized spacial score (nSPS) is 11.8. The number of esters is 1. The summed E-state index contributed by atoms with van der Waals surface area (Å²) >= 11 is 1.28. The highest BCUT2D eigenvalue weighted by Crippen LogP contribution is 2.24. The van der Waals surface area contributed by atoms with Crippen LogP contribution in [-0.4, -0.2) is 40.7 Å². The molecular weight excluding hydrogens is 419 g/mol. The van der Waals surface area contributed by atoms with Gasteiger partial charge >= 0.3 is 5.97 Å². The molecule has 1 N–H and O–H groups in total. The van der Waals surface area contributed by atoms with E-state index in [0.717, 1.165) is 0 Å². The van der Waals surface area contributed by atoms with Crippen molar-refractivity contribution >= 4 is 29.0 Å². The molecule has 1 amide bonds. The lowest BCUT2D eigenvalue weighted by Crippen LogP contribution is -2.42. The first-order valence-corrected chi connectivity index (χ1v) is 10.5. The van der Waals surface area contributed by atoms with Crippen LogP contribution in [0.3, 0.4) is 0 Å². The number of carbonyl (C=O) groups excluding carboxylic acids is 3. The van der Waals surface area contributed by atoms with Gasteiger partial charge in [-0.25, -0.2) is 9.18 Å². The number of Topliss-reactive ketones (excluding diaryl/α,β-unsaturated/α-hetero) is 1. The zero-order valence-corrected chi connectivity index (χ0v) is 18.5. The Hall–Kier alpha value is -3.26. The van der Waals surface area contributed by atoms with Gasteiger partial charge in [0.25, 0.3) is 5.91 Å². The molecule has 3 rings (SSSR count). The molecule has 31 heavy (non-hydrogen) atoms. The Labute approximate surface area is 183 Å². The van der Waals surface area contributed by atoms with Crippen LogP contribution in [0.25, 0.3) is 0 Å². The minimum Gasteiger partial charge on any atom is -0.464 e. The number of benzene rings is 1. The van der Waals surface area contributed by atoms with Gasteiger partial charge in [0.2, 0.25) is 0 Å². The lowest BCUT2D eigenvalue weighted by atomic mass is 9.99. The fourth-order valence-corrected chi connectivity index (χ4v) is 4.17. The van der Waals surface area contributed by atoms with Crippen LogP contribution < -0.4 is 0 Å². The van der Waals surface area contributed by atoms with Gasteiger partial charge in [-0.1, -0.05) is 18.2 Å². The molecule has 2 aromatic heterocycles. The van der Waals surface area contributed by atoms with Gasteiger partial charge in [0.1, 0.15) is 11.5 Å². The molecule has 0 aliphatic rings. The Bertz CT molecular complexity index is 1100. The number of amides is 1. The molecule has 0 saturated heterocycles. The molecule has 1 atom stereocenters. The molecule has 0 bridgehead atoms. The van der Waals surface area contributed by atoms with E-state index in [-0.39, 0.29) is 29.7 Å². The SMILES string of the molecule is COC(=O)c1[nH]c(C)c(C(=O)[C@@H](C)N(Cc2ccc(F)cc2)C(=O)c2cccs2)c1C. The smallest absolute Gasteiger partial charge is 0.354 e. The molecule has 8 heteroatoms. The number of H-pyrrole nitrogens is 1. The number of nitrogens with zero attached hydrogens (tertiary/aromatic N) is 1. The molecule has 0 aliphatic heterocycles. The number of aryl methyl sites for hydroxylation is 1. The molecule has 6 nitrogen and oxygen atoms in total. The second-order valence-electron chi connectivity index (χ2n) is 7.19. The van der Waals surface area contributed by atoms with Crippen LogP contribution >= 0.6 is 11.3 Å². The predicted octanol–water partition coefficient (Wildman–Crippen LogP) is 4.53. The molecule has 0 saturated carbocycles. The van der Waals surface area contributed by atoms with Crippen molar-refractivity contribution in [2.24, 2.45) is 0 Å². The number of rotatable bonds is 7. The molecule has 162 valence electrons. The summed E-state index contributed by atoms with van der Waals surface area (Å²) in [7, 11) is 1.27. The highest BCUT2D eigenvalue weighted by Gasteiger charge is 2.32. The van der Waals surface area contributed by atoms with E-state index in [1.807, 2.05) is 0 Å². The number of halogens is 1. The third kappa shape index (κ3) is 4.59. The number of hydrogen-bond donors (Lipinski definition) is 1. The van der Waals surface area contributed by atoms with Crippen molar-refractivity contribution in [2.75, 3.05) is 7.11 Å². The Morgan fingerprint density at radius 2 is 1.84 bits per heavy atom. The number of thiophene rings is 1. The minimum absolute atomic E-state index is 0.135. The van der Waals surface area contributed by atoms with E-state index in [4.69, 9.17) is 4.74 Å². The first kappa shape index (κ1) is 22.4. The Morgan fingerprint density at radius 1 is 1.16 bits per heavy atom. The minimum atomic E-state index is -0.821. The summed E-state index contributed by atoms with van der Waals surface area (Å²) in [4.78, 5) is 43.5. The Balaban J connectivity index is 1.97. The number of ether oxygens (including phenoxy) is 1. The number of carbonyl (C=O) groups is 3. The van der Waals surface area contributed by atoms with E-state index in [2.05, 4.69) is 4.98 Å². The van der Waals surface area contributed by atoms with Crippen LogP contribution in [0.5, 0.6) is 0 Å². The van der Waals surface area contributed by atoms with Gasteiger partial charge in [-0.3, -0.25) is 9.59 Å². The van der Waals surface area contributed by atoms with E-state index < -0.39 is 12.0 Å². The topological polar surface area (TPSA) is 79.5 Å². The summed E-state index contributed by atoms with van der Waals surface area (Å²) < 4.78 is 18.1. The van der Waals surface area contributed by atoms with E-state index in [9.17, 15) is 18.8 Å². The van der Waals surface area contributed by atoms with Gasteiger partial charge in [-0.05, 0) is 55.5 Å². The van der Waals surface area contributed by atoms with Crippen molar-refractivity contribution in [3.8, 4) is 0 Å². The highest BCUT2D eigenvalue weighted by atomic mass is 32.1. The summed E-state index contributed by atoms with van der Waals surface area (Å²) in [6.45, 7) is 5.16. The number of aromatic amines is 1. The van der Waals surface area contributed by atoms with Gasteiger partial charge in [0, 0.05) is 17.8 Å². The molecule has 3 aromatic rings. The van der Waals surface area contributed by atoms with Crippen LogP contribution in [0.1, 0.15) is 54.3 Å². The summed E-state index contributed by atoms with van der Waals surface area (Å²) in [5.74, 6) is -1.53. The first-order valence-electron chi connectivity index (χ1n) is 9.65. The first-order chi connectivity index (χ1) is 14.7. The van der Waals surface area contributed by atoms with Gasteiger partial charge in [0.05, 0.1) is 18.0 Å². The predicted molar refractivity (Wildman–Crippen MR) is 116 cm³/mol. The van der Waals surface area contributed by atoms with Crippen LogP contribution in [0, 0.1) is 19.7 Å². The van der Waals surface area contributed by atoms with E-state index >= 15 is 0 Å². The van der Waals surface area contributed by atoms with Crippen molar-refractivity contribution in [1.29, 1.82) is 0 Å². The molecule has 0 radical (unpaired) electrons. The zero-order chi connectivity index (χ0) is 22.7. The lowest BCUT2D eigenvalue weighted by Gasteiger charge is -2.28. The maximum absolute atomic E-state index is 13.4. The third-order valence-corrected chi connectivity index (χ3v) is 6.04. The van der Waals surface area contributed by atoms with Crippen LogP contribution in [0.4, 0.5) is 4.39 Å². The van der Waals surface area contributed by atoms with E-state index in [1.54, 1.807) is 50.4 Å². The molecule has 1 aromatic carbocycles. The zero-order valence-electron chi connectivity index (χ0n) is 17.7. The van der Waals surface area contributed by atoms with Crippen molar-refractivity contribution < 1.29 is 23.5 Å². The fourth-order valence-electron chi connectivity index (χ4n) is 3.49. The monoisotopic (exact) mass is 442 g/mol. The van der Waals surface area contributed by atoms with Crippen LogP contribution in [0.15, 0.2) is 41.8 Å². The average Bonchev–Trinajstić information content (AvgIpc) is 3.39. The number of nitrogens with one attached hydrogen (secondary N) is 1. The summed E-state index contributed by atoms with van der Waals surface area (Å²) in [6.07, 6.45) is 0. The molecule has 2 heterocycles.